The zero-order valence-electron chi connectivity index (χ0n) is 19.7. The number of nitrogens with zero attached hydrogens (tertiary/aromatic N) is 1. The zero-order chi connectivity index (χ0) is 27.5. The number of benzene rings is 2. The predicted molar refractivity (Wildman–Crippen MR) is 132 cm³/mol. The van der Waals surface area contributed by atoms with Gasteiger partial charge in [0.15, 0.2) is 6.10 Å². The van der Waals surface area contributed by atoms with E-state index >= 15 is 0 Å². The van der Waals surface area contributed by atoms with E-state index in [1.807, 2.05) is 0 Å². The summed E-state index contributed by atoms with van der Waals surface area (Å²) < 4.78 is 67.5. The lowest BCUT2D eigenvalue weighted by Crippen LogP contribution is -2.26. The van der Waals surface area contributed by atoms with Crippen molar-refractivity contribution in [3.63, 3.8) is 0 Å². The predicted octanol–water partition coefficient (Wildman–Crippen LogP) is 5.44. The molecule has 3 rings (SSSR count). The van der Waals surface area contributed by atoms with Gasteiger partial charge in [-0.05, 0) is 60.9 Å². The third-order valence-corrected chi connectivity index (χ3v) is 5.89. The van der Waals surface area contributed by atoms with Crippen LogP contribution in [-0.4, -0.2) is 37.6 Å². The van der Waals surface area contributed by atoms with Crippen molar-refractivity contribution in [3.05, 3.63) is 87.7 Å². The van der Waals surface area contributed by atoms with Crippen LogP contribution in [0.1, 0.15) is 43.5 Å². The van der Waals surface area contributed by atoms with Gasteiger partial charge in [-0.2, -0.15) is 21.6 Å². The Morgan fingerprint density at radius 1 is 1.00 bits per heavy atom. The summed E-state index contributed by atoms with van der Waals surface area (Å²) in [5, 5.41) is 5.28. The van der Waals surface area contributed by atoms with Gasteiger partial charge in [0, 0.05) is 23.1 Å². The Bertz CT molecular complexity index is 1440. The fraction of sp³-hybridized carbons (Fsp3) is 0.208. The van der Waals surface area contributed by atoms with Crippen molar-refractivity contribution < 1.29 is 35.4 Å². The van der Waals surface area contributed by atoms with Gasteiger partial charge in [0.25, 0.3) is 21.9 Å². The molecule has 2 amide bonds. The number of hydrogen-bond acceptors (Lipinski definition) is 6. The summed E-state index contributed by atoms with van der Waals surface area (Å²) in [6, 6.07) is 11.2. The molecule has 3 aromatic rings. The van der Waals surface area contributed by atoms with Crippen molar-refractivity contribution in [2.75, 3.05) is 16.9 Å². The molecule has 196 valence electrons. The molecule has 0 aliphatic carbocycles. The largest absolute Gasteiger partial charge is 0.420 e. The zero-order valence-corrected chi connectivity index (χ0v) is 21.3. The highest BCUT2D eigenvalue weighted by Crippen LogP contribution is 2.39. The number of anilines is 2. The van der Waals surface area contributed by atoms with Gasteiger partial charge in [-0.25, -0.2) is 4.98 Å². The Labute approximate surface area is 215 Å². The molecule has 2 aromatic carbocycles. The number of carbonyl (C=O) groups excluding carboxylic acids is 2. The maximum Gasteiger partial charge on any atom is 0.420 e. The number of hydrogen-bond donors (Lipinski definition) is 2. The number of amides is 2. The van der Waals surface area contributed by atoms with Crippen LogP contribution in [0.2, 0.25) is 5.15 Å². The Kier molecular flexibility index (Phi) is 8.25. The molecular weight excluding hydrogens is 535 g/mol. The second-order valence-electron chi connectivity index (χ2n) is 8.08. The van der Waals surface area contributed by atoms with Crippen LogP contribution in [0.4, 0.5) is 24.5 Å². The fourth-order valence-electron chi connectivity index (χ4n) is 3.50. The molecule has 0 radical (unpaired) electrons. The summed E-state index contributed by atoms with van der Waals surface area (Å²) in [6.45, 7) is 2.93. The van der Waals surface area contributed by atoms with Gasteiger partial charge in [0.2, 0.25) is 0 Å². The molecule has 1 aromatic heterocycles. The van der Waals surface area contributed by atoms with Gasteiger partial charge in [0.1, 0.15) is 5.15 Å². The van der Waals surface area contributed by atoms with E-state index in [9.17, 15) is 31.2 Å². The third kappa shape index (κ3) is 7.28. The van der Waals surface area contributed by atoms with Crippen LogP contribution in [0.15, 0.2) is 54.7 Å². The van der Waals surface area contributed by atoms with Gasteiger partial charge in [0.05, 0.1) is 11.8 Å². The summed E-state index contributed by atoms with van der Waals surface area (Å²) in [5.41, 5.74) is 0.923. The molecule has 0 spiro atoms. The second-order valence-corrected chi connectivity index (χ2v) is 10.0. The minimum absolute atomic E-state index is 0.0120. The minimum atomic E-state index is -4.99. The summed E-state index contributed by atoms with van der Waals surface area (Å²) in [6.07, 6.45) is -5.72. The number of pyridine rings is 1. The summed E-state index contributed by atoms with van der Waals surface area (Å²) in [7, 11) is -4.41. The third-order valence-electron chi connectivity index (χ3n) is 5.05. The molecule has 2 N–H and O–H groups in total. The number of rotatable bonds is 7. The molecule has 0 aliphatic rings. The van der Waals surface area contributed by atoms with E-state index in [-0.39, 0.29) is 33.1 Å². The Hall–Kier alpha value is -3.48. The van der Waals surface area contributed by atoms with Crippen LogP contribution >= 0.6 is 11.6 Å². The molecule has 0 aliphatic heterocycles. The smallest absolute Gasteiger partial charge is 0.322 e. The molecule has 1 heterocycles. The van der Waals surface area contributed by atoms with Crippen molar-refractivity contribution in [3.8, 4) is 0 Å². The van der Waals surface area contributed by atoms with Crippen LogP contribution in [0.3, 0.4) is 0 Å². The summed E-state index contributed by atoms with van der Waals surface area (Å²) in [4.78, 5) is 29.2. The van der Waals surface area contributed by atoms with E-state index in [0.717, 1.165) is 12.1 Å². The number of aromatic nitrogens is 1. The second kappa shape index (κ2) is 10.9. The molecule has 0 fully saturated rings. The molecule has 1 unspecified atom stereocenters. The van der Waals surface area contributed by atoms with Gasteiger partial charge < -0.3 is 10.6 Å². The van der Waals surface area contributed by atoms with Gasteiger partial charge in [-0.3, -0.25) is 13.8 Å². The lowest BCUT2D eigenvalue weighted by Gasteiger charge is -2.22. The van der Waals surface area contributed by atoms with Crippen LogP contribution in [0.25, 0.3) is 0 Å². The molecule has 1 atom stereocenters. The lowest BCUT2D eigenvalue weighted by molar-refractivity contribution is -0.196. The summed E-state index contributed by atoms with van der Waals surface area (Å²) >= 11 is 5.94. The van der Waals surface area contributed by atoms with Crippen LogP contribution < -0.4 is 10.6 Å². The van der Waals surface area contributed by atoms with E-state index in [1.54, 1.807) is 12.1 Å². The van der Waals surface area contributed by atoms with Gasteiger partial charge >= 0.3 is 6.18 Å². The summed E-state index contributed by atoms with van der Waals surface area (Å²) in [5.74, 6) is -1.12. The van der Waals surface area contributed by atoms with E-state index in [0.29, 0.717) is 11.9 Å². The first-order chi connectivity index (χ1) is 17.2. The van der Waals surface area contributed by atoms with E-state index in [4.69, 9.17) is 11.6 Å². The van der Waals surface area contributed by atoms with Crippen molar-refractivity contribution in [2.24, 2.45) is 0 Å². The molecular formula is C24H21ClF3N3O5S. The number of nitrogens with one attached hydrogen (secondary N) is 2. The SMILES string of the molecule is Cc1cc(C(OS(C)(=O)=O)C(F)(F)F)cc(C)c1NC(=O)c1cccc(NC(=O)c2cccnc2Cl)c1. The van der Waals surface area contributed by atoms with Crippen LogP contribution in [0, 0.1) is 13.8 Å². The van der Waals surface area contributed by atoms with Crippen molar-refractivity contribution in [2.45, 2.75) is 26.1 Å². The Morgan fingerprint density at radius 3 is 2.22 bits per heavy atom. The van der Waals surface area contributed by atoms with Crippen molar-refractivity contribution in [1.82, 2.24) is 4.98 Å². The standard InChI is InChI=1S/C24H21ClF3N3O5S/c1-13-10-16(20(24(26,27)28)36-37(3,34)35)11-14(2)19(13)31-22(32)15-6-4-7-17(12-15)30-23(33)18-8-5-9-29-21(18)25/h4-12,20H,1-3H3,(H,30,33)(H,31,32). The first kappa shape index (κ1) is 28.1. The Morgan fingerprint density at radius 2 is 1.65 bits per heavy atom. The number of aryl methyl sites for hydroxylation is 2. The van der Waals surface area contributed by atoms with Crippen molar-refractivity contribution >= 4 is 44.9 Å². The first-order valence-corrected chi connectivity index (χ1v) is 12.7. The normalized spacial score (nSPS) is 12.6. The number of carbonyl (C=O) groups is 2. The molecule has 0 saturated heterocycles. The topological polar surface area (TPSA) is 114 Å². The van der Waals surface area contributed by atoms with E-state index < -0.39 is 39.8 Å². The highest BCUT2D eigenvalue weighted by Gasteiger charge is 2.44. The maximum atomic E-state index is 13.5. The molecule has 13 heteroatoms. The molecule has 37 heavy (non-hydrogen) atoms. The van der Waals surface area contributed by atoms with Gasteiger partial charge in [-0.15, -0.1) is 0 Å². The quantitative estimate of drug-likeness (QED) is 0.296. The first-order valence-electron chi connectivity index (χ1n) is 10.5. The average Bonchev–Trinajstić information content (AvgIpc) is 2.78. The van der Waals surface area contributed by atoms with Crippen molar-refractivity contribution in [1.29, 1.82) is 0 Å². The van der Waals surface area contributed by atoms with E-state index in [1.165, 1.54) is 44.3 Å². The monoisotopic (exact) mass is 555 g/mol. The van der Waals surface area contributed by atoms with E-state index in [2.05, 4.69) is 19.8 Å². The highest BCUT2D eigenvalue weighted by atomic mass is 35.5. The molecule has 8 nitrogen and oxygen atoms in total. The molecule has 0 saturated carbocycles. The van der Waals surface area contributed by atoms with Crippen LogP contribution in [0.5, 0.6) is 0 Å². The number of alkyl halides is 3. The lowest BCUT2D eigenvalue weighted by atomic mass is 10.00. The highest BCUT2D eigenvalue weighted by molar-refractivity contribution is 7.86. The minimum Gasteiger partial charge on any atom is -0.322 e. The number of halogens is 4. The van der Waals surface area contributed by atoms with Gasteiger partial charge in [-0.1, -0.05) is 29.8 Å². The molecule has 0 bridgehead atoms. The van der Waals surface area contributed by atoms with Crippen LogP contribution in [-0.2, 0) is 14.3 Å². The maximum absolute atomic E-state index is 13.5. The fourth-order valence-corrected chi connectivity index (χ4v) is 4.27. The Balaban J connectivity index is 1.83. The average molecular weight is 556 g/mol.